The fourth-order valence-corrected chi connectivity index (χ4v) is 1.81. The van der Waals surface area contributed by atoms with Gasteiger partial charge in [-0.2, -0.15) is 0 Å². The second kappa shape index (κ2) is 4.80. The Labute approximate surface area is 101 Å². The van der Waals surface area contributed by atoms with E-state index in [4.69, 9.17) is 4.11 Å². The van der Waals surface area contributed by atoms with Gasteiger partial charge in [0.05, 0.1) is 0 Å². The molecule has 2 aromatic rings. The lowest BCUT2D eigenvalue weighted by Gasteiger charge is -2.10. The van der Waals surface area contributed by atoms with E-state index in [1.54, 1.807) is 6.92 Å². The molecular weight excluding hydrogens is 192 g/mol. The van der Waals surface area contributed by atoms with Crippen LogP contribution in [0.1, 0.15) is 29.0 Å². The molecular formula is C16H16. The second-order valence-corrected chi connectivity index (χ2v) is 3.73. The van der Waals surface area contributed by atoms with Gasteiger partial charge in [0, 0.05) is 4.11 Å². The molecule has 0 unspecified atom stereocenters. The molecule has 16 heavy (non-hydrogen) atoms. The molecule has 0 aliphatic heterocycles. The first-order valence-electron chi connectivity index (χ1n) is 6.82. The maximum absolute atomic E-state index is 7.64. The van der Waals surface area contributed by atoms with E-state index in [0.717, 1.165) is 16.7 Å². The number of hydrogen-bond donors (Lipinski definition) is 0. The number of hydrogen-bond acceptors (Lipinski definition) is 0. The zero-order chi connectivity index (χ0) is 13.9. The van der Waals surface area contributed by atoms with E-state index in [9.17, 15) is 0 Å². The first kappa shape index (κ1) is 7.45. The third kappa shape index (κ3) is 2.22. The van der Waals surface area contributed by atoms with Crippen molar-refractivity contribution in [1.82, 2.24) is 0 Å². The minimum atomic E-state index is -2.08. The Balaban J connectivity index is 2.66. The van der Waals surface area contributed by atoms with Crippen LogP contribution in [0.5, 0.6) is 0 Å². The average Bonchev–Trinajstić information content (AvgIpc) is 2.40. The fraction of sp³-hybridized carbons (Fsp3) is 0.125. The molecule has 0 aliphatic carbocycles. The highest BCUT2D eigenvalue weighted by atomic mass is 14.1. The van der Waals surface area contributed by atoms with E-state index in [2.05, 4.69) is 0 Å². The highest BCUT2D eigenvalue weighted by molar-refractivity contribution is 5.81. The summed E-state index contributed by atoms with van der Waals surface area (Å²) in [6, 6.07) is 19.3. The highest BCUT2D eigenvalue weighted by Crippen LogP contribution is 2.26. The lowest BCUT2D eigenvalue weighted by Crippen LogP contribution is -1.89. The molecule has 0 nitrogen and oxygen atoms in total. The van der Waals surface area contributed by atoms with Crippen LogP contribution < -0.4 is 0 Å². The Hall–Kier alpha value is -1.82. The normalized spacial score (nSPS) is 13.4. The molecule has 2 rings (SSSR count). The molecule has 0 spiro atoms. The van der Waals surface area contributed by atoms with Gasteiger partial charge in [0.1, 0.15) is 0 Å². The smallest absolute Gasteiger partial charge is 0.0276 e. The minimum Gasteiger partial charge on any atom is -0.0680 e. The van der Waals surface area contributed by atoms with Crippen molar-refractivity contribution in [2.24, 2.45) is 0 Å². The summed E-state index contributed by atoms with van der Waals surface area (Å²) < 4.78 is 22.9. The SMILES string of the molecule is [2H]C([2H])([2H])C(C)=C(c1ccccc1)c1ccccc1. The summed E-state index contributed by atoms with van der Waals surface area (Å²) in [5.41, 5.74) is 3.08. The van der Waals surface area contributed by atoms with Gasteiger partial charge >= 0.3 is 0 Å². The third-order valence-electron chi connectivity index (χ3n) is 2.50. The average molecular weight is 211 g/mol. The van der Waals surface area contributed by atoms with E-state index in [0.29, 0.717) is 5.57 Å². The molecule has 0 aromatic heterocycles. The molecule has 0 bridgehead atoms. The Morgan fingerprint density at radius 2 is 1.25 bits per heavy atom. The van der Waals surface area contributed by atoms with Gasteiger partial charge in [-0.1, -0.05) is 66.2 Å². The molecule has 0 aliphatic rings. The zero-order valence-electron chi connectivity index (χ0n) is 12.3. The number of rotatable bonds is 2. The predicted molar refractivity (Wildman–Crippen MR) is 70.3 cm³/mol. The molecule has 0 N–H and O–H groups in total. The largest absolute Gasteiger partial charge is 0.0680 e. The van der Waals surface area contributed by atoms with Crippen molar-refractivity contribution in [3.8, 4) is 0 Å². The molecule has 0 heterocycles. The van der Waals surface area contributed by atoms with Crippen molar-refractivity contribution in [2.75, 3.05) is 0 Å². The van der Waals surface area contributed by atoms with Gasteiger partial charge in [0.25, 0.3) is 0 Å². The Morgan fingerprint density at radius 1 is 0.812 bits per heavy atom. The lowest BCUT2D eigenvalue weighted by atomic mass is 9.94. The monoisotopic (exact) mass is 211 g/mol. The van der Waals surface area contributed by atoms with Gasteiger partial charge in [-0.3, -0.25) is 0 Å². The Morgan fingerprint density at radius 3 is 1.62 bits per heavy atom. The van der Waals surface area contributed by atoms with Gasteiger partial charge in [0.15, 0.2) is 0 Å². The third-order valence-corrected chi connectivity index (χ3v) is 2.50. The number of allylic oxidation sites excluding steroid dienone is 1. The Bertz CT molecular complexity index is 524. The van der Waals surface area contributed by atoms with Crippen molar-refractivity contribution >= 4 is 5.57 Å². The van der Waals surface area contributed by atoms with Gasteiger partial charge in [-0.25, -0.2) is 0 Å². The summed E-state index contributed by atoms with van der Waals surface area (Å²) >= 11 is 0. The molecule has 2 aromatic carbocycles. The van der Waals surface area contributed by atoms with Crippen molar-refractivity contribution in [2.45, 2.75) is 13.8 Å². The van der Waals surface area contributed by atoms with E-state index >= 15 is 0 Å². The summed E-state index contributed by atoms with van der Waals surface area (Å²) in [7, 11) is 0. The maximum Gasteiger partial charge on any atom is 0.0276 e. The molecule has 80 valence electrons. The minimum absolute atomic E-state index is 0.421. The standard InChI is InChI=1S/C16H16/c1-13(2)16(14-9-5-3-6-10-14)15-11-7-4-8-12-15/h3-12H,1-2H3/i1D3. The highest BCUT2D eigenvalue weighted by Gasteiger charge is 2.05. The van der Waals surface area contributed by atoms with Crippen LogP contribution >= 0.6 is 0 Å². The van der Waals surface area contributed by atoms with Crippen molar-refractivity contribution in [3.63, 3.8) is 0 Å². The van der Waals surface area contributed by atoms with Crippen LogP contribution in [0.25, 0.3) is 5.57 Å². The predicted octanol–water partition coefficient (Wildman–Crippen LogP) is 4.53. The van der Waals surface area contributed by atoms with E-state index in [1.807, 2.05) is 60.7 Å². The summed E-state index contributed by atoms with van der Waals surface area (Å²) in [4.78, 5) is 0. The van der Waals surface area contributed by atoms with Crippen LogP contribution in [-0.4, -0.2) is 0 Å². The van der Waals surface area contributed by atoms with Crippen LogP contribution in [-0.2, 0) is 0 Å². The maximum atomic E-state index is 7.64. The molecule has 0 fully saturated rings. The summed E-state index contributed by atoms with van der Waals surface area (Å²) in [6.45, 7) is -0.399. The first-order chi connectivity index (χ1) is 9.00. The quantitative estimate of drug-likeness (QED) is 0.684. The lowest BCUT2D eigenvalue weighted by molar-refractivity contribution is 1.37. The van der Waals surface area contributed by atoms with Crippen LogP contribution in [0, 0.1) is 0 Å². The molecule has 0 saturated heterocycles. The van der Waals surface area contributed by atoms with Crippen LogP contribution in [0.3, 0.4) is 0 Å². The van der Waals surface area contributed by atoms with Gasteiger partial charge in [0.2, 0.25) is 0 Å². The first-order valence-corrected chi connectivity index (χ1v) is 5.32. The van der Waals surface area contributed by atoms with E-state index in [1.165, 1.54) is 0 Å². The summed E-state index contributed by atoms with van der Waals surface area (Å²) in [5.74, 6) is 0. The molecule has 0 saturated carbocycles. The van der Waals surface area contributed by atoms with Crippen molar-refractivity contribution in [1.29, 1.82) is 0 Å². The molecule has 0 atom stereocenters. The summed E-state index contributed by atoms with van der Waals surface area (Å²) in [5, 5.41) is 0. The van der Waals surface area contributed by atoms with Crippen LogP contribution in [0.2, 0.25) is 0 Å². The van der Waals surface area contributed by atoms with Crippen LogP contribution in [0.4, 0.5) is 0 Å². The van der Waals surface area contributed by atoms with E-state index < -0.39 is 6.85 Å². The fourth-order valence-electron chi connectivity index (χ4n) is 1.81. The summed E-state index contributed by atoms with van der Waals surface area (Å²) in [6.07, 6.45) is 0. The van der Waals surface area contributed by atoms with E-state index in [-0.39, 0.29) is 0 Å². The van der Waals surface area contributed by atoms with Gasteiger partial charge < -0.3 is 0 Å². The Kier molecular flexibility index (Phi) is 2.24. The topological polar surface area (TPSA) is 0 Å². The zero-order valence-corrected chi connectivity index (χ0v) is 9.27. The molecule has 0 amide bonds. The van der Waals surface area contributed by atoms with Gasteiger partial charge in [-0.15, -0.1) is 0 Å². The van der Waals surface area contributed by atoms with Gasteiger partial charge in [-0.05, 0) is 30.5 Å². The van der Waals surface area contributed by atoms with Crippen molar-refractivity contribution < 1.29 is 4.11 Å². The second-order valence-electron chi connectivity index (χ2n) is 3.73. The molecule has 0 radical (unpaired) electrons. The number of benzene rings is 2. The van der Waals surface area contributed by atoms with Crippen molar-refractivity contribution in [3.05, 3.63) is 77.4 Å². The molecule has 0 heteroatoms. The van der Waals surface area contributed by atoms with Crippen LogP contribution in [0.15, 0.2) is 66.2 Å².